The van der Waals surface area contributed by atoms with Gasteiger partial charge in [0, 0.05) is 15.8 Å². The highest BCUT2D eigenvalue weighted by Gasteiger charge is 2.37. The Morgan fingerprint density at radius 2 is 1.81 bits per heavy atom. The number of aromatic nitrogens is 1. The van der Waals surface area contributed by atoms with E-state index < -0.39 is 0 Å². The van der Waals surface area contributed by atoms with Crippen LogP contribution in [0.2, 0.25) is 0 Å². The largest absolute Gasteiger partial charge is 0.248 e. The third-order valence-corrected chi connectivity index (χ3v) is 6.51. The first kappa shape index (κ1) is 15.1. The van der Waals surface area contributed by atoms with Gasteiger partial charge in [-0.15, -0.1) is 11.8 Å². The molecule has 3 rings (SSSR count). The molecule has 1 aromatic heterocycles. The monoisotopic (exact) mass is 361 g/mol. The molecule has 0 N–H and O–H groups in total. The molecule has 0 radical (unpaired) electrons. The minimum absolute atomic E-state index is 0.101. The molecule has 21 heavy (non-hydrogen) atoms. The third kappa shape index (κ3) is 2.78. The summed E-state index contributed by atoms with van der Waals surface area (Å²) in [6.45, 7) is 9.10. The molecule has 3 heteroatoms. The van der Waals surface area contributed by atoms with Crippen LogP contribution in [0.4, 0.5) is 0 Å². The van der Waals surface area contributed by atoms with Crippen molar-refractivity contribution >= 4 is 27.7 Å². The van der Waals surface area contributed by atoms with Gasteiger partial charge in [0.2, 0.25) is 0 Å². The SMILES string of the molecule is CC(C)(C)c1ccc(C2(C)Cc3ccnc(Br)c3S2)cc1. The summed E-state index contributed by atoms with van der Waals surface area (Å²) >= 11 is 5.50. The van der Waals surface area contributed by atoms with Gasteiger partial charge in [-0.3, -0.25) is 0 Å². The van der Waals surface area contributed by atoms with Crippen molar-refractivity contribution in [2.45, 2.75) is 49.2 Å². The molecule has 0 fully saturated rings. The molecule has 1 aromatic carbocycles. The zero-order valence-corrected chi connectivity index (χ0v) is 15.3. The average molecular weight is 362 g/mol. The zero-order chi connectivity index (χ0) is 15.3. The van der Waals surface area contributed by atoms with Crippen LogP contribution in [0.15, 0.2) is 46.0 Å². The highest BCUT2D eigenvalue weighted by atomic mass is 79.9. The van der Waals surface area contributed by atoms with E-state index in [0.717, 1.165) is 11.0 Å². The van der Waals surface area contributed by atoms with E-state index in [1.54, 1.807) is 0 Å². The second-order valence-corrected chi connectivity index (χ2v) is 9.19. The summed E-state index contributed by atoms with van der Waals surface area (Å²) in [6.07, 6.45) is 2.95. The van der Waals surface area contributed by atoms with Gasteiger partial charge >= 0.3 is 0 Å². The molecular weight excluding hydrogens is 342 g/mol. The molecule has 1 nitrogen and oxygen atoms in total. The van der Waals surface area contributed by atoms with Gasteiger partial charge in [-0.05, 0) is 57.4 Å². The number of rotatable bonds is 1. The van der Waals surface area contributed by atoms with Crippen LogP contribution in [0.5, 0.6) is 0 Å². The molecule has 0 saturated heterocycles. The fraction of sp³-hybridized carbons (Fsp3) is 0.389. The number of thioether (sulfide) groups is 1. The highest BCUT2D eigenvalue weighted by Crippen LogP contribution is 2.53. The second-order valence-electron chi connectivity index (χ2n) is 6.93. The van der Waals surface area contributed by atoms with Crippen LogP contribution in [0.25, 0.3) is 0 Å². The Labute approximate surface area is 139 Å². The van der Waals surface area contributed by atoms with Crippen LogP contribution in [0.3, 0.4) is 0 Å². The van der Waals surface area contributed by atoms with Crippen molar-refractivity contribution in [3.63, 3.8) is 0 Å². The van der Waals surface area contributed by atoms with Gasteiger partial charge in [-0.1, -0.05) is 45.0 Å². The normalized spacial score (nSPS) is 21.4. The van der Waals surface area contributed by atoms with Gasteiger partial charge in [-0.2, -0.15) is 0 Å². The minimum Gasteiger partial charge on any atom is -0.248 e. The van der Waals surface area contributed by atoms with Crippen molar-refractivity contribution < 1.29 is 0 Å². The maximum absolute atomic E-state index is 4.35. The van der Waals surface area contributed by atoms with Crippen molar-refractivity contribution in [3.05, 3.63) is 57.8 Å². The smallest absolute Gasteiger partial charge is 0.119 e. The lowest BCUT2D eigenvalue weighted by Crippen LogP contribution is -2.17. The number of fused-ring (bicyclic) bond motifs is 1. The predicted molar refractivity (Wildman–Crippen MR) is 94.0 cm³/mol. The van der Waals surface area contributed by atoms with Crippen LogP contribution in [-0.2, 0) is 16.6 Å². The van der Waals surface area contributed by atoms with Gasteiger partial charge in [0.05, 0.1) is 0 Å². The number of benzene rings is 1. The Hall–Kier alpha value is -0.800. The Kier molecular flexibility index (Phi) is 3.69. The molecule has 0 saturated carbocycles. The van der Waals surface area contributed by atoms with Gasteiger partial charge in [0.1, 0.15) is 4.60 Å². The molecule has 1 unspecified atom stereocenters. The summed E-state index contributed by atoms with van der Waals surface area (Å²) < 4.78 is 1.07. The molecule has 0 bridgehead atoms. The summed E-state index contributed by atoms with van der Waals surface area (Å²) in [5, 5.41) is 0. The molecule has 0 spiro atoms. The van der Waals surface area contributed by atoms with Crippen LogP contribution in [-0.4, -0.2) is 4.98 Å². The van der Waals surface area contributed by atoms with E-state index in [1.807, 2.05) is 18.0 Å². The predicted octanol–water partition coefficient (Wildman–Crippen LogP) is 5.71. The fourth-order valence-electron chi connectivity index (χ4n) is 2.81. The van der Waals surface area contributed by atoms with Crippen LogP contribution < -0.4 is 0 Å². The van der Waals surface area contributed by atoms with E-state index in [1.165, 1.54) is 21.6 Å². The Balaban J connectivity index is 1.94. The number of pyridine rings is 1. The topological polar surface area (TPSA) is 12.9 Å². The van der Waals surface area contributed by atoms with E-state index in [9.17, 15) is 0 Å². The quantitative estimate of drug-likeness (QED) is 0.603. The number of hydrogen-bond donors (Lipinski definition) is 0. The van der Waals surface area contributed by atoms with E-state index >= 15 is 0 Å². The van der Waals surface area contributed by atoms with Crippen molar-refractivity contribution in [3.8, 4) is 0 Å². The standard InChI is InChI=1S/C18H20BrNS/c1-17(2,3)13-5-7-14(8-6-13)18(4)11-12-9-10-20-16(19)15(12)21-18/h5-10H,11H2,1-4H3. The summed E-state index contributed by atoms with van der Waals surface area (Å²) in [7, 11) is 0. The number of hydrogen-bond acceptors (Lipinski definition) is 2. The number of nitrogens with zero attached hydrogens (tertiary/aromatic N) is 1. The molecule has 1 aliphatic heterocycles. The molecule has 0 amide bonds. The van der Waals surface area contributed by atoms with Gasteiger partial charge in [0.25, 0.3) is 0 Å². The van der Waals surface area contributed by atoms with Crippen LogP contribution in [0.1, 0.15) is 44.4 Å². The Bertz CT molecular complexity index is 673. The summed E-state index contributed by atoms with van der Waals surface area (Å²) in [5.41, 5.74) is 4.38. The maximum Gasteiger partial charge on any atom is 0.119 e. The van der Waals surface area contributed by atoms with Crippen molar-refractivity contribution in [2.75, 3.05) is 0 Å². The van der Waals surface area contributed by atoms with Crippen molar-refractivity contribution in [2.24, 2.45) is 0 Å². The first-order valence-corrected chi connectivity index (χ1v) is 8.84. The lowest BCUT2D eigenvalue weighted by molar-refractivity contribution is 0.589. The number of halogens is 1. The molecule has 1 atom stereocenters. The fourth-order valence-corrected chi connectivity index (χ4v) is 4.77. The molecule has 0 aliphatic carbocycles. The minimum atomic E-state index is 0.101. The summed E-state index contributed by atoms with van der Waals surface area (Å²) in [6, 6.07) is 11.3. The molecule has 2 heterocycles. The van der Waals surface area contributed by atoms with E-state index in [4.69, 9.17) is 0 Å². The average Bonchev–Trinajstić information content (AvgIpc) is 2.78. The van der Waals surface area contributed by atoms with E-state index in [0.29, 0.717) is 0 Å². The van der Waals surface area contributed by atoms with Gasteiger partial charge in [-0.25, -0.2) is 4.98 Å². The first-order chi connectivity index (χ1) is 9.79. The highest BCUT2D eigenvalue weighted by molar-refractivity contribution is 9.10. The molecule has 2 aromatic rings. The lowest BCUT2D eigenvalue weighted by atomic mass is 9.85. The third-order valence-electron chi connectivity index (χ3n) is 4.16. The van der Waals surface area contributed by atoms with Crippen molar-refractivity contribution in [1.82, 2.24) is 4.98 Å². The van der Waals surface area contributed by atoms with Gasteiger partial charge in [0.15, 0.2) is 0 Å². The van der Waals surface area contributed by atoms with Crippen LogP contribution in [0, 0.1) is 0 Å². The molecule has 110 valence electrons. The lowest BCUT2D eigenvalue weighted by Gasteiger charge is -2.25. The van der Waals surface area contributed by atoms with E-state index in [2.05, 4.69) is 78.9 Å². The van der Waals surface area contributed by atoms with Crippen molar-refractivity contribution in [1.29, 1.82) is 0 Å². The second kappa shape index (κ2) is 5.13. The summed E-state index contributed by atoms with van der Waals surface area (Å²) in [5.74, 6) is 0. The molecule has 1 aliphatic rings. The van der Waals surface area contributed by atoms with Gasteiger partial charge < -0.3 is 0 Å². The molecular formula is C18H20BrNS. The summed E-state index contributed by atoms with van der Waals surface area (Å²) in [4.78, 5) is 5.64. The maximum atomic E-state index is 4.35. The van der Waals surface area contributed by atoms with E-state index in [-0.39, 0.29) is 10.2 Å². The Morgan fingerprint density at radius 3 is 2.38 bits per heavy atom. The van der Waals surface area contributed by atoms with Crippen LogP contribution >= 0.6 is 27.7 Å². The Morgan fingerprint density at radius 1 is 1.14 bits per heavy atom. The zero-order valence-electron chi connectivity index (χ0n) is 12.9. The first-order valence-electron chi connectivity index (χ1n) is 7.23.